The summed E-state index contributed by atoms with van der Waals surface area (Å²) in [6.45, 7) is 4.12. The normalized spacial score (nSPS) is 25.7. The Morgan fingerprint density at radius 3 is 2.74 bits per heavy atom. The second-order valence-corrected chi connectivity index (χ2v) is 9.22. The minimum absolute atomic E-state index is 0.00391. The lowest BCUT2D eigenvalue weighted by molar-refractivity contribution is -0.223. The lowest BCUT2D eigenvalue weighted by Crippen LogP contribution is -2.73. The minimum Gasteiger partial charge on any atom is -0.368 e. The van der Waals surface area contributed by atoms with Crippen LogP contribution in [0.15, 0.2) is 24.3 Å². The molecule has 0 radical (unpaired) electrons. The number of nitriles is 1. The van der Waals surface area contributed by atoms with Crippen LogP contribution in [0.1, 0.15) is 41.6 Å². The molecule has 164 valence electrons. The van der Waals surface area contributed by atoms with Gasteiger partial charge >= 0.3 is 0 Å². The van der Waals surface area contributed by atoms with Crippen LogP contribution in [-0.2, 0) is 14.4 Å². The highest BCUT2D eigenvalue weighted by molar-refractivity contribution is 5.95. The number of nitrogens with zero attached hydrogens (tertiary/aromatic N) is 4. The molecule has 8 nitrogen and oxygen atoms in total. The number of hydrogen-bond donors (Lipinski definition) is 0. The van der Waals surface area contributed by atoms with E-state index in [4.69, 9.17) is 14.8 Å². The standard InChI is InChI=1S/C23H28N4O4/c24-11-18-4-3-5-19(10-18)21(28)26-15-23(16-26)14-25(12-17-6-7-17)20(13-30-23)22(29)27-8-1-2-9-31-27/h3-5,10,17,20H,1-2,6-9,12-16H2/t20-/m1/s1. The SMILES string of the molecule is N#Cc1cccc(C(=O)N2CC3(C2)CN(CC2CC2)[C@@H](C(=O)N2CCCCO2)CO3)c1. The molecular weight excluding hydrogens is 396 g/mol. The molecule has 3 saturated heterocycles. The first kappa shape index (κ1) is 20.4. The van der Waals surface area contributed by atoms with Gasteiger partial charge in [0.05, 0.1) is 37.9 Å². The third kappa shape index (κ3) is 4.18. The van der Waals surface area contributed by atoms with E-state index >= 15 is 0 Å². The molecule has 31 heavy (non-hydrogen) atoms. The maximum atomic E-state index is 13.1. The van der Waals surface area contributed by atoms with Crippen LogP contribution in [0, 0.1) is 17.2 Å². The van der Waals surface area contributed by atoms with Crippen molar-refractivity contribution in [2.45, 2.75) is 37.3 Å². The first-order valence-corrected chi connectivity index (χ1v) is 11.2. The van der Waals surface area contributed by atoms with Gasteiger partial charge in [0.15, 0.2) is 0 Å². The van der Waals surface area contributed by atoms with Gasteiger partial charge in [-0.2, -0.15) is 5.26 Å². The Labute approximate surface area is 182 Å². The summed E-state index contributed by atoms with van der Waals surface area (Å²) in [5.74, 6) is 0.565. The van der Waals surface area contributed by atoms with Crippen LogP contribution in [0.3, 0.4) is 0 Å². The number of carbonyl (C=O) groups is 2. The predicted molar refractivity (Wildman–Crippen MR) is 111 cm³/mol. The van der Waals surface area contributed by atoms with E-state index in [-0.39, 0.29) is 17.9 Å². The zero-order chi connectivity index (χ0) is 21.4. The molecule has 0 N–H and O–H groups in total. The molecule has 1 aromatic carbocycles. The maximum Gasteiger partial charge on any atom is 0.265 e. The van der Waals surface area contributed by atoms with E-state index in [1.165, 1.54) is 17.9 Å². The molecule has 3 aliphatic heterocycles. The van der Waals surface area contributed by atoms with Crippen molar-refractivity contribution in [1.29, 1.82) is 5.26 Å². The Hall–Kier alpha value is -2.47. The molecule has 1 saturated carbocycles. The second kappa shape index (κ2) is 8.23. The van der Waals surface area contributed by atoms with E-state index in [1.54, 1.807) is 29.2 Å². The van der Waals surface area contributed by atoms with Gasteiger partial charge in [-0.1, -0.05) is 6.07 Å². The summed E-state index contributed by atoms with van der Waals surface area (Å²) in [7, 11) is 0. The molecule has 0 unspecified atom stereocenters. The summed E-state index contributed by atoms with van der Waals surface area (Å²) in [6.07, 6.45) is 4.38. The quantitative estimate of drug-likeness (QED) is 0.727. The van der Waals surface area contributed by atoms with Crippen LogP contribution in [0.2, 0.25) is 0 Å². The van der Waals surface area contributed by atoms with Crippen molar-refractivity contribution >= 4 is 11.8 Å². The molecule has 1 aromatic rings. The first-order chi connectivity index (χ1) is 15.1. The van der Waals surface area contributed by atoms with Gasteiger partial charge in [-0.25, -0.2) is 5.06 Å². The number of morpholine rings is 1. The lowest BCUT2D eigenvalue weighted by atomic mass is 9.89. The van der Waals surface area contributed by atoms with Crippen LogP contribution in [0.25, 0.3) is 0 Å². The van der Waals surface area contributed by atoms with E-state index in [0.29, 0.717) is 56.4 Å². The van der Waals surface area contributed by atoms with E-state index in [1.807, 2.05) is 0 Å². The first-order valence-electron chi connectivity index (χ1n) is 11.2. The average molecular weight is 425 g/mol. The Morgan fingerprint density at radius 2 is 2.03 bits per heavy atom. The Morgan fingerprint density at radius 1 is 1.19 bits per heavy atom. The fourth-order valence-electron chi connectivity index (χ4n) is 4.76. The molecule has 2 amide bonds. The van der Waals surface area contributed by atoms with Gasteiger partial charge in [0.25, 0.3) is 11.8 Å². The third-order valence-electron chi connectivity index (χ3n) is 6.69. The minimum atomic E-state index is -0.420. The average Bonchev–Trinajstić information content (AvgIpc) is 3.61. The van der Waals surface area contributed by atoms with Gasteiger partial charge in [0.1, 0.15) is 11.6 Å². The molecule has 1 atom stereocenters. The summed E-state index contributed by atoms with van der Waals surface area (Å²) in [5, 5.41) is 10.6. The molecule has 0 aromatic heterocycles. The topological polar surface area (TPSA) is 86.1 Å². The number of benzene rings is 1. The fourth-order valence-corrected chi connectivity index (χ4v) is 4.76. The zero-order valence-electron chi connectivity index (χ0n) is 17.7. The summed E-state index contributed by atoms with van der Waals surface area (Å²) >= 11 is 0. The van der Waals surface area contributed by atoms with Crippen LogP contribution >= 0.6 is 0 Å². The molecule has 8 heteroatoms. The maximum absolute atomic E-state index is 13.1. The van der Waals surface area contributed by atoms with E-state index < -0.39 is 5.60 Å². The molecule has 1 spiro atoms. The largest absolute Gasteiger partial charge is 0.368 e. The Kier molecular flexibility index (Phi) is 5.42. The summed E-state index contributed by atoms with van der Waals surface area (Å²) < 4.78 is 6.23. The van der Waals surface area contributed by atoms with Crippen molar-refractivity contribution in [3.63, 3.8) is 0 Å². The van der Waals surface area contributed by atoms with Crippen molar-refractivity contribution in [1.82, 2.24) is 14.9 Å². The van der Waals surface area contributed by atoms with Crippen LogP contribution < -0.4 is 0 Å². The highest BCUT2D eigenvalue weighted by Crippen LogP contribution is 2.36. The van der Waals surface area contributed by atoms with Crippen molar-refractivity contribution in [2.75, 3.05) is 45.9 Å². The van der Waals surface area contributed by atoms with Crippen molar-refractivity contribution in [3.8, 4) is 6.07 Å². The second-order valence-electron chi connectivity index (χ2n) is 9.22. The smallest absolute Gasteiger partial charge is 0.265 e. The monoisotopic (exact) mass is 424 g/mol. The molecule has 4 aliphatic rings. The van der Waals surface area contributed by atoms with Crippen LogP contribution in [0.5, 0.6) is 0 Å². The summed E-state index contributed by atoms with van der Waals surface area (Å²) in [6, 6.07) is 8.55. The molecular formula is C23H28N4O4. The number of hydroxylamine groups is 2. The number of carbonyl (C=O) groups excluding carboxylic acids is 2. The zero-order valence-corrected chi connectivity index (χ0v) is 17.7. The molecule has 1 aliphatic carbocycles. The van der Waals surface area contributed by atoms with Gasteiger partial charge < -0.3 is 9.64 Å². The highest BCUT2D eigenvalue weighted by atomic mass is 16.7. The van der Waals surface area contributed by atoms with Gasteiger partial charge in [-0.05, 0) is 49.8 Å². The van der Waals surface area contributed by atoms with Gasteiger partial charge in [0, 0.05) is 25.2 Å². The van der Waals surface area contributed by atoms with Crippen LogP contribution in [-0.4, -0.2) is 84.3 Å². The number of likely N-dealkylation sites (tertiary alicyclic amines) is 1. The van der Waals surface area contributed by atoms with E-state index in [0.717, 1.165) is 19.4 Å². The summed E-state index contributed by atoms with van der Waals surface area (Å²) in [5.41, 5.74) is 0.582. The van der Waals surface area contributed by atoms with Crippen molar-refractivity contribution < 1.29 is 19.2 Å². The van der Waals surface area contributed by atoms with Gasteiger partial charge in [-0.15, -0.1) is 0 Å². The number of rotatable bonds is 4. The van der Waals surface area contributed by atoms with Gasteiger partial charge in [0.2, 0.25) is 0 Å². The predicted octanol–water partition coefficient (Wildman–Crippen LogP) is 1.42. The summed E-state index contributed by atoms with van der Waals surface area (Å²) in [4.78, 5) is 35.6. The third-order valence-corrected chi connectivity index (χ3v) is 6.69. The molecule has 3 heterocycles. The lowest BCUT2D eigenvalue weighted by Gasteiger charge is -2.55. The molecule has 0 bridgehead atoms. The fraction of sp³-hybridized carbons (Fsp3) is 0.609. The van der Waals surface area contributed by atoms with E-state index in [9.17, 15) is 9.59 Å². The molecule has 4 fully saturated rings. The molecule has 5 rings (SSSR count). The van der Waals surface area contributed by atoms with Crippen molar-refractivity contribution in [3.05, 3.63) is 35.4 Å². The number of amides is 2. The Balaban J connectivity index is 1.24. The van der Waals surface area contributed by atoms with Crippen LogP contribution in [0.4, 0.5) is 0 Å². The number of hydrogen-bond acceptors (Lipinski definition) is 6. The number of ether oxygens (including phenoxy) is 1. The van der Waals surface area contributed by atoms with E-state index in [2.05, 4.69) is 11.0 Å². The Bertz CT molecular complexity index is 897. The van der Waals surface area contributed by atoms with Gasteiger partial charge in [-0.3, -0.25) is 19.3 Å². The highest BCUT2D eigenvalue weighted by Gasteiger charge is 2.53. The van der Waals surface area contributed by atoms with Crippen molar-refractivity contribution in [2.24, 2.45) is 5.92 Å².